The average Bonchev–Trinajstić information content (AvgIpc) is 2.17. The highest BCUT2D eigenvalue weighted by molar-refractivity contribution is 5.75. The number of aryl methyl sites for hydroxylation is 2. The van der Waals surface area contributed by atoms with Crippen LogP contribution in [0.25, 0.3) is 0 Å². The number of carbonyl (C=O) groups is 1. The first kappa shape index (κ1) is 11.8. The molecule has 0 unspecified atom stereocenters. The van der Waals surface area contributed by atoms with E-state index in [2.05, 4.69) is 31.2 Å². The highest BCUT2D eigenvalue weighted by Gasteiger charge is 2.03. The normalized spacial score (nSPS) is 10.1. The SMILES string of the molecule is Cc1cccc(CCCC(=O)N(C)C)c1. The summed E-state index contributed by atoms with van der Waals surface area (Å²) in [5.74, 6) is 0.211. The molecule has 0 bridgehead atoms. The Bertz CT molecular complexity index is 331. The molecule has 2 nitrogen and oxygen atoms in total. The van der Waals surface area contributed by atoms with E-state index in [1.165, 1.54) is 11.1 Å². The molecule has 1 amide bonds. The van der Waals surface area contributed by atoms with Crippen molar-refractivity contribution in [1.82, 2.24) is 4.90 Å². The molecule has 0 radical (unpaired) electrons. The van der Waals surface area contributed by atoms with Crippen molar-refractivity contribution in [1.29, 1.82) is 0 Å². The van der Waals surface area contributed by atoms with Gasteiger partial charge >= 0.3 is 0 Å². The number of benzene rings is 1. The zero-order valence-corrected chi connectivity index (χ0v) is 9.79. The molecule has 0 aliphatic rings. The first-order chi connectivity index (χ1) is 7.09. The molecule has 1 aromatic rings. The smallest absolute Gasteiger partial charge is 0.222 e. The lowest BCUT2D eigenvalue weighted by atomic mass is 10.1. The van der Waals surface area contributed by atoms with E-state index in [1.807, 2.05) is 0 Å². The van der Waals surface area contributed by atoms with Gasteiger partial charge in [0.1, 0.15) is 0 Å². The van der Waals surface area contributed by atoms with Gasteiger partial charge in [-0.1, -0.05) is 29.8 Å². The molecule has 0 spiro atoms. The van der Waals surface area contributed by atoms with Crippen molar-refractivity contribution in [2.24, 2.45) is 0 Å². The minimum atomic E-state index is 0.211. The first-order valence-electron chi connectivity index (χ1n) is 5.35. The number of rotatable bonds is 4. The predicted molar refractivity (Wildman–Crippen MR) is 62.8 cm³/mol. The van der Waals surface area contributed by atoms with E-state index in [9.17, 15) is 4.79 Å². The quantitative estimate of drug-likeness (QED) is 0.739. The molecule has 0 N–H and O–H groups in total. The molecule has 0 aromatic heterocycles. The second-order valence-electron chi connectivity index (χ2n) is 4.13. The Morgan fingerprint density at radius 3 is 2.67 bits per heavy atom. The topological polar surface area (TPSA) is 20.3 Å². The lowest BCUT2D eigenvalue weighted by Gasteiger charge is -2.09. The molecular formula is C13H19NO. The molecule has 1 aromatic carbocycles. The van der Waals surface area contributed by atoms with Crippen LogP contribution in [0.1, 0.15) is 24.0 Å². The highest BCUT2D eigenvalue weighted by Crippen LogP contribution is 2.08. The maximum atomic E-state index is 11.3. The summed E-state index contributed by atoms with van der Waals surface area (Å²) in [6.07, 6.45) is 2.56. The third-order valence-electron chi connectivity index (χ3n) is 2.44. The maximum absolute atomic E-state index is 11.3. The molecule has 0 aliphatic carbocycles. The Hall–Kier alpha value is -1.31. The van der Waals surface area contributed by atoms with Crippen molar-refractivity contribution < 1.29 is 4.79 Å². The molecule has 0 saturated carbocycles. The second-order valence-corrected chi connectivity index (χ2v) is 4.13. The van der Waals surface area contributed by atoms with Crippen molar-refractivity contribution in [3.05, 3.63) is 35.4 Å². The summed E-state index contributed by atoms with van der Waals surface area (Å²) in [5, 5.41) is 0. The third kappa shape index (κ3) is 4.15. The van der Waals surface area contributed by atoms with Crippen molar-refractivity contribution in [2.45, 2.75) is 26.2 Å². The van der Waals surface area contributed by atoms with E-state index in [4.69, 9.17) is 0 Å². The van der Waals surface area contributed by atoms with Crippen LogP contribution < -0.4 is 0 Å². The fraction of sp³-hybridized carbons (Fsp3) is 0.462. The van der Waals surface area contributed by atoms with E-state index < -0.39 is 0 Å². The Kier molecular flexibility index (Phi) is 4.35. The van der Waals surface area contributed by atoms with E-state index in [0.29, 0.717) is 6.42 Å². The molecule has 0 saturated heterocycles. The highest BCUT2D eigenvalue weighted by atomic mass is 16.2. The Morgan fingerprint density at radius 2 is 2.07 bits per heavy atom. The molecule has 0 fully saturated rings. The molecule has 0 heterocycles. The first-order valence-corrected chi connectivity index (χ1v) is 5.35. The molecule has 1 rings (SSSR count). The van der Waals surface area contributed by atoms with Gasteiger partial charge in [-0.05, 0) is 25.3 Å². The fourth-order valence-corrected chi connectivity index (χ4v) is 1.53. The van der Waals surface area contributed by atoms with Crippen LogP contribution in [0.15, 0.2) is 24.3 Å². The largest absolute Gasteiger partial charge is 0.349 e. The van der Waals surface area contributed by atoms with Gasteiger partial charge in [-0.3, -0.25) is 4.79 Å². The number of hydrogen-bond acceptors (Lipinski definition) is 1. The van der Waals surface area contributed by atoms with Crippen LogP contribution in [0.3, 0.4) is 0 Å². The Morgan fingerprint density at radius 1 is 1.33 bits per heavy atom. The van der Waals surface area contributed by atoms with Gasteiger partial charge in [-0.2, -0.15) is 0 Å². The Labute approximate surface area is 91.9 Å². The van der Waals surface area contributed by atoms with Crippen LogP contribution in [-0.2, 0) is 11.2 Å². The monoisotopic (exact) mass is 205 g/mol. The number of nitrogens with zero attached hydrogens (tertiary/aromatic N) is 1. The lowest BCUT2D eigenvalue weighted by Crippen LogP contribution is -2.21. The van der Waals surface area contributed by atoms with Gasteiger partial charge in [-0.25, -0.2) is 0 Å². The summed E-state index contributed by atoms with van der Waals surface area (Å²) < 4.78 is 0. The van der Waals surface area contributed by atoms with E-state index >= 15 is 0 Å². The average molecular weight is 205 g/mol. The standard InChI is InChI=1S/C13H19NO/c1-11-6-4-7-12(10-11)8-5-9-13(15)14(2)3/h4,6-7,10H,5,8-9H2,1-3H3. The lowest BCUT2D eigenvalue weighted by molar-refractivity contribution is -0.128. The summed E-state index contributed by atoms with van der Waals surface area (Å²) >= 11 is 0. The molecular weight excluding hydrogens is 186 g/mol. The molecule has 82 valence electrons. The van der Waals surface area contributed by atoms with Crippen molar-refractivity contribution >= 4 is 5.91 Å². The van der Waals surface area contributed by atoms with Crippen molar-refractivity contribution in [3.8, 4) is 0 Å². The molecule has 0 aliphatic heterocycles. The van der Waals surface area contributed by atoms with Gasteiger partial charge in [0.2, 0.25) is 5.91 Å². The zero-order valence-electron chi connectivity index (χ0n) is 9.79. The van der Waals surface area contributed by atoms with E-state index in [0.717, 1.165) is 12.8 Å². The van der Waals surface area contributed by atoms with Crippen LogP contribution in [0.2, 0.25) is 0 Å². The van der Waals surface area contributed by atoms with Gasteiger partial charge in [0, 0.05) is 20.5 Å². The van der Waals surface area contributed by atoms with Crippen LogP contribution in [0.5, 0.6) is 0 Å². The van der Waals surface area contributed by atoms with Gasteiger partial charge < -0.3 is 4.90 Å². The summed E-state index contributed by atoms with van der Waals surface area (Å²) in [6, 6.07) is 8.46. The number of amides is 1. The van der Waals surface area contributed by atoms with Gasteiger partial charge in [0.15, 0.2) is 0 Å². The van der Waals surface area contributed by atoms with Gasteiger partial charge in [0.25, 0.3) is 0 Å². The van der Waals surface area contributed by atoms with E-state index in [1.54, 1.807) is 19.0 Å². The minimum absolute atomic E-state index is 0.211. The summed E-state index contributed by atoms with van der Waals surface area (Å²) in [7, 11) is 3.60. The van der Waals surface area contributed by atoms with E-state index in [-0.39, 0.29) is 5.91 Å². The zero-order chi connectivity index (χ0) is 11.3. The minimum Gasteiger partial charge on any atom is -0.349 e. The fourth-order valence-electron chi connectivity index (χ4n) is 1.53. The van der Waals surface area contributed by atoms with Crippen molar-refractivity contribution in [3.63, 3.8) is 0 Å². The molecule has 0 atom stereocenters. The van der Waals surface area contributed by atoms with Crippen molar-refractivity contribution in [2.75, 3.05) is 14.1 Å². The van der Waals surface area contributed by atoms with Gasteiger partial charge in [-0.15, -0.1) is 0 Å². The van der Waals surface area contributed by atoms with Crippen LogP contribution in [0.4, 0.5) is 0 Å². The van der Waals surface area contributed by atoms with Crippen LogP contribution in [0, 0.1) is 6.92 Å². The maximum Gasteiger partial charge on any atom is 0.222 e. The van der Waals surface area contributed by atoms with Crippen LogP contribution >= 0.6 is 0 Å². The third-order valence-corrected chi connectivity index (χ3v) is 2.44. The summed E-state index contributed by atoms with van der Waals surface area (Å²) in [5.41, 5.74) is 2.60. The summed E-state index contributed by atoms with van der Waals surface area (Å²) in [4.78, 5) is 13.0. The number of carbonyl (C=O) groups excluding carboxylic acids is 1. The summed E-state index contributed by atoms with van der Waals surface area (Å²) in [6.45, 7) is 2.09. The second kappa shape index (κ2) is 5.54. The molecule has 15 heavy (non-hydrogen) atoms. The predicted octanol–water partition coefficient (Wildman–Crippen LogP) is 2.41. The van der Waals surface area contributed by atoms with Gasteiger partial charge in [0.05, 0.1) is 0 Å². The Balaban J connectivity index is 2.35. The number of hydrogen-bond donors (Lipinski definition) is 0. The van der Waals surface area contributed by atoms with Crippen LogP contribution in [-0.4, -0.2) is 24.9 Å². The molecule has 2 heteroatoms.